The molecule has 4 nitrogen and oxygen atoms in total. The Morgan fingerprint density at radius 1 is 1.67 bits per heavy atom. The SMILES string of the molecule is CC(=O)Nc1nc(C(C)(C)CCO)cs1. The highest BCUT2D eigenvalue weighted by atomic mass is 32.1. The summed E-state index contributed by atoms with van der Waals surface area (Å²) in [6.45, 7) is 5.64. The maximum Gasteiger partial charge on any atom is 0.223 e. The molecule has 0 bridgehead atoms. The molecule has 84 valence electrons. The number of thiazole rings is 1. The summed E-state index contributed by atoms with van der Waals surface area (Å²) in [5.74, 6) is -0.115. The molecular weight excluding hydrogens is 212 g/mol. The van der Waals surface area contributed by atoms with E-state index in [0.29, 0.717) is 11.6 Å². The standard InChI is InChI=1S/C10H16N2O2S/c1-7(14)11-9-12-8(6-15-9)10(2,3)4-5-13/h6,13H,4-5H2,1-3H3,(H,11,12,14). The van der Waals surface area contributed by atoms with E-state index in [2.05, 4.69) is 10.3 Å². The van der Waals surface area contributed by atoms with Gasteiger partial charge in [0.1, 0.15) is 0 Å². The average molecular weight is 228 g/mol. The number of nitrogens with one attached hydrogen (secondary N) is 1. The number of aliphatic hydroxyl groups is 1. The molecule has 0 saturated carbocycles. The van der Waals surface area contributed by atoms with Crippen molar-refractivity contribution in [1.29, 1.82) is 0 Å². The Balaban J connectivity index is 2.78. The number of hydrogen-bond donors (Lipinski definition) is 2. The first-order valence-electron chi connectivity index (χ1n) is 4.80. The summed E-state index contributed by atoms with van der Waals surface area (Å²) in [6.07, 6.45) is 0.663. The van der Waals surface area contributed by atoms with Gasteiger partial charge in [-0.15, -0.1) is 11.3 Å². The number of aromatic nitrogens is 1. The van der Waals surface area contributed by atoms with Gasteiger partial charge in [0.15, 0.2) is 5.13 Å². The molecule has 0 spiro atoms. The van der Waals surface area contributed by atoms with Gasteiger partial charge in [-0.1, -0.05) is 13.8 Å². The van der Waals surface area contributed by atoms with Crippen LogP contribution in [0.1, 0.15) is 32.9 Å². The third-order valence-corrected chi connectivity index (χ3v) is 2.98. The lowest BCUT2D eigenvalue weighted by Gasteiger charge is -2.20. The average Bonchev–Trinajstić information content (AvgIpc) is 2.51. The maximum absolute atomic E-state index is 10.8. The van der Waals surface area contributed by atoms with E-state index in [-0.39, 0.29) is 17.9 Å². The minimum Gasteiger partial charge on any atom is -0.396 e. The number of amides is 1. The Morgan fingerprint density at radius 2 is 2.33 bits per heavy atom. The van der Waals surface area contributed by atoms with Crippen molar-refractivity contribution in [3.8, 4) is 0 Å². The highest BCUT2D eigenvalue weighted by Gasteiger charge is 2.23. The molecule has 0 atom stereocenters. The van der Waals surface area contributed by atoms with E-state index in [1.807, 2.05) is 19.2 Å². The van der Waals surface area contributed by atoms with Crippen molar-refractivity contribution in [3.63, 3.8) is 0 Å². The fourth-order valence-electron chi connectivity index (χ4n) is 1.20. The molecular formula is C10H16N2O2S. The first-order chi connectivity index (χ1) is 6.95. The van der Waals surface area contributed by atoms with E-state index < -0.39 is 0 Å². The van der Waals surface area contributed by atoms with Crippen LogP contribution in [0.2, 0.25) is 0 Å². The number of anilines is 1. The molecule has 0 aliphatic carbocycles. The maximum atomic E-state index is 10.8. The zero-order valence-electron chi connectivity index (χ0n) is 9.20. The van der Waals surface area contributed by atoms with Gasteiger partial charge in [-0.05, 0) is 6.42 Å². The highest BCUT2D eigenvalue weighted by Crippen LogP contribution is 2.29. The summed E-state index contributed by atoms with van der Waals surface area (Å²) in [5.41, 5.74) is 0.757. The first-order valence-corrected chi connectivity index (χ1v) is 5.68. The monoisotopic (exact) mass is 228 g/mol. The minimum absolute atomic E-state index is 0.115. The summed E-state index contributed by atoms with van der Waals surface area (Å²) in [6, 6.07) is 0. The number of rotatable bonds is 4. The summed E-state index contributed by atoms with van der Waals surface area (Å²) >= 11 is 1.41. The van der Waals surface area contributed by atoms with E-state index >= 15 is 0 Å². The van der Waals surface area contributed by atoms with Crippen LogP contribution in [0, 0.1) is 0 Å². The van der Waals surface area contributed by atoms with Crippen molar-refractivity contribution in [3.05, 3.63) is 11.1 Å². The van der Waals surface area contributed by atoms with Gasteiger partial charge in [-0.25, -0.2) is 4.98 Å². The molecule has 0 unspecified atom stereocenters. The lowest BCUT2D eigenvalue weighted by Crippen LogP contribution is -2.19. The van der Waals surface area contributed by atoms with Gasteiger partial charge in [0.05, 0.1) is 5.69 Å². The van der Waals surface area contributed by atoms with Crippen LogP contribution >= 0.6 is 11.3 Å². The minimum atomic E-state index is -0.151. The first kappa shape index (κ1) is 12.1. The third-order valence-electron chi connectivity index (χ3n) is 2.22. The molecule has 1 aromatic rings. The zero-order valence-corrected chi connectivity index (χ0v) is 10.0. The van der Waals surface area contributed by atoms with Crippen LogP contribution < -0.4 is 5.32 Å². The topological polar surface area (TPSA) is 62.2 Å². The molecule has 1 rings (SSSR count). The number of nitrogens with zero attached hydrogens (tertiary/aromatic N) is 1. The molecule has 5 heteroatoms. The summed E-state index contributed by atoms with van der Waals surface area (Å²) < 4.78 is 0. The van der Waals surface area contributed by atoms with Crippen molar-refractivity contribution < 1.29 is 9.90 Å². The van der Waals surface area contributed by atoms with Crippen molar-refractivity contribution >= 4 is 22.4 Å². The van der Waals surface area contributed by atoms with Crippen molar-refractivity contribution in [1.82, 2.24) is 4.98 Å². The fourth-order valence-corrected chi connectivity index (χ4v) is 2.15. The molecule has 0 aliphatic heterocycles. The molecule has 0 saturated heterocycles. The van der Waals surface area contributed by atoms with Gasteiger partial charge >= 0.3 is 0 Å². The second-order valence-corrected chi connectivity index (χ2v) is 4.93. The van der Waals surface area contributed by atoms with E-state index in [4.69, 9.17) is 5.11 Å². The molecule has 1 aromatic heterocycles. The second-order valence-electron chi connectivity index (χ2n) is 4.08. The van der Waals surface area contributed by atoms with Crippen LogP contribution in [-0.4, -0.2) is 22.6 Å². The zero-order chi connectivity index (χ0) is 11.5. The largest absolute Gasteiger partial charge is 0.396 e. The number of carbonyl (C=O) groups excluding carboxylic acids is 1. The van der Waals surface area contributed by atoms with E-state index in [1.54, 1.807) is 0 Å². The van der Waals surface area contributed by atoms with Crippen LogP contribution in [0.5, 0.6) is 0 Å². The smallest absolute Gasteiger partial charge is 0.223 e. The van der Waals surface area contributed by atoms with Gasteiger partial charge in [0.25, 0.3) is 0 Å². The summed E-state index contributed by atoms with van der Waals surface area (Å²) in [4.78, 5) is 15.1. The quantitative estimate of drug-likeness (QED) is 0.825. The molecule has 0 radical (unpaired) electrons. The van der Waals surface area contributed by atoms with Crippen LogP contribution in [0.4, 0.5) is 5.13 Å². The van der Waals surface area contributed by atoms with E-state index in [9.17, 15) is 4.79 Å². The van der Waals surface area contributed by atoms with Gasteiger partial charge < -0.3 is 10.4 Å². The number of aliphatic hydroxyl groups excluding tert-OH is 1. The van der Waals surface area contributed by atoms with Crippen LogP contribution in [0.25, 0.3) is 0 Å². The predicted molar refractivity (Wildman–Crippen MR) is 61.1 cm³/mol. The molecule has 1 heterocycles. The van der Waals surface area contributed by atoms with Gasteiger partial charge in [0, 0.05) is 24.3 Å². The summed E-state index contributed by atoms with van der Waals surface area (Å²) in [7, 11) is 0. The van der Waals surface area contributed by atoms with Crippen molar-refractivity contribution in [2.45, 2.75) is 32.6 Å². The Labute approximate surface area is 93.4 Å². The van der Waals surface area contributed by atoms with Crippen molar-refractivity contribution in [2.75, 3.05) is 11.9 Å². The molecule has 1 amide bonds. The Kier molecular flexibility index (Phi) is 3.82. The molecule has 2 N–H and O–H groups in total. The Hall–Kier alpha value is -0.940. The molecule has 0 fully saturated rings. The predicted octanol–water partition coefficient (Wildman–Crippen LogP) is 1.76. The lowest BCUT2D eigenvalue weighted by molar-refractivity contribution is -0.114. The third kappa shape index (κ3) is 3.28. The number of hydrogen-bond acceptors (Lipinski definition) is 4. The van der Waals surface area contributed by atoms with Crippen LogP contribution in [0.3, 0.4) is 0 Å². The normalized spacial score (nSPS) is 11.5. The van der Waals surface area contributed by atoms with Gasteiger partial charge in [0.2, 0.25) is 5.91 Å². The van der Waals surface area contributed by atoms with Crippen LogP contribution in [0.15, 0.2) is 5.38 Å². The van der Waals surface area contributed by atoms with E-state index in [1.165, 1.54) is 18.3 Å². The Morgan fingerprint density at radius 3 is 2.87 bits per heavy atom. The number of carbonyl (C=O) groups is 1. The Bertz CT molecular complexity index is 347. The van der Waals surface area contributed by atoms with Crippen LogP contribution in [-0.2, 0) is 10.2 Å². The van der Waals surface area contributed by atoms with Gasteiger partial charge in [-0.2, -0.15) is 0 Å². The second kappa shape index (κ2) is 4.72. The molecule has 0 aliphatic rings. The molecule has 0 aromatic carbocycles. The van der Waals surface area contributed by atoms with Gasteiger partial charge in [-0.3, -0.25) is 4.79 Å². The lowest BCUT2D eigenvalue weighted by atomic mass is 9.87. The highest BCUT2D eigenvalue weighted by molar-refractivity contribution is 7.13. The summed E-state index contributed by atoms with van der Waals surface area (Å²) in [5, 5.41) is 14.1. The van der Waals surface area contributed by atoms with E-state index in [0.717, 1.165) is 5.69 Å². The van der Waals surface area contributed by atoms with Crippen molar-refractivity contribution in [2.24, 2.45) is 0 Å². The molecule has 15 heavy (non-hydrogen) atoms. The fraction of sp³-hybridized carbons (Fsp3) is 0.600.